The van der Waals surface area contributed by atoms with Crippen molar-refractivity contribution in [2.45, 2.75) is 19.8 Å². The Bertz CT molecular complexity index is 851. The zero-order valence-electron chi connectivity index (χ0n) is 14.0. The normalized spacial score (nSPS) is 10.8. The molecule has 0 saturated heterocycles. The minimum absolute atomic E-state index is 0.00632. The van der Waals surface area contributed by atoms with Gasteiger partial charge in [0.2, 0.25) is 5.91 Å². The van der Waals surface area contributed by atoms with Crippen LogP contribution < -0.4 is 10.1 Å². The van der Waals surface area contributed by atoms with E-state index in [-0.39, 0.29) is 5.91 Å². The third-order valence-corrected chi connectivity index (χ3v) is 4.07. The molecule has 1 aromatic heterocycles. The van der Waals surface area contributed by atoms with Gasteiger partial charge in [-0.25, -0.2) is 0 Å². The Labute approximate surface area is 141 Å². The number of carbonyl (C=O) groups excluding carboxylic acids is 1. The molecule has 124 valence electrons. The maximum Gasteiger partial charge on any atom is 0.224 e. The second-order valence-corrected chi connectivity index (χ2v) is 5.85. The molecule has 0 saturated carbocycles. The van der Waals surface area contributed by atoms with Gasteiger partial charge in [-0.1, -0.05) is 30.3 Å². The number of benzene rings is 2. The van der Waals surface area contributed by atoms with E-state index in [9.17, 15) is 4.79 Å². The summed E-state index contributed by atoms with van der Waals surface area (Å²) in [4.78, 5) is 12.2. The molecule has 0 aliphatic heterocycles. The summed E-state index contributed by atoms with van der Waals surface area (Å²) in [5.41, 5.74) is 3.97. The van der Waals surface area contributed by atoms with Gasteiger partial charge in [-0.05, 0) is 36.6 Å². The summed E-state index contributed by atoms with van der Waals surface area (Å²) in [5.74, 6) is 0.844. The minimum Gasteiger partial charge on any atom is -0.496 e. The lowest BCUT2D eigenvalue weighted by Crippen LogP contribution is -2.27. The number of rotatable bonds is 6. The molecule has 0 unspecified atom stereocenters. The molecule has 0 aliphatic carbocycles. The van der Waals surface area contributed by atoms with Crippen LogP contribution in [0.3, 0.4) is 0 Å². The van der Waals surface area contributed by atoms with Crippen LogP contribution >= 0.6 is 0 Å². The fraction of sp³-hybridized carbons (Fsp3) is 0.250. The Balaban J connectivity index is 1.57. The number of ether oxygens (including phenoxy) is 1. The van der Waals surface area contributed by atoms with Gasteiger partial charge >= 0.3 is 0 Å². The third-order valence-electron chi connectivity index (χ3n) is 4.07. The Hall–Kier alpha value is -2.75. The summed E-state index contributed by atoms with van der Waals surface area (Å²) >= 11 is 0. The quantitative estimate of drug-likeness (QED) is 0.753. The van der Waals surface area contributed by atoms with E-state index in [4.69, 9.17) is 9.15 Å². The molecule has 0 fully saturated rings. The van der Waals surface area contributed by atoms with Crippen molar-refractivity contribution in [3.63, 3.8) is 0 Å². The van der Waals surface area contributed by atoms with Crippen molar-refractivity contribution in [1.29, 1.82) is 0 Å². The lowest BCUT2D eigenvalue weighted by molar-refractivity contribution is -0.120. The monoisotopic (exact) mass is 323 g/mol. The van der Waals surface area contributed by atoms with Crippen LogP contribution in [0.1, 0.15) is 16.7 Å². The highest BCUT2D eigenvalue weighted by Crippen LogP contribution is 2.22. The van der Waals surface area contributed by atoms with E-state index in [1.165, 1.54) is 0 Å². The van der Waals surface area contributed by atoms with Crippen molar-refractivity contribution < 1.29 is 13.9 Å². The molecule has 4 heteroatoms. The number of furan rings is 1. The average Bonchev–Trinajstić information content (AvgIpc) is 2.97. The van der Waals surface area contributed by atoms with Crippen molar-refractivity contribution in [2.75, 3.05) is 13.7 Å². The fourth-order valence-electron chi connectivity index (χ4n) is 2.81. The topological polar surface area (TPSA) is 51.5 Å². The van der Waals surface area contributed by atoms with Crippen LogP contribution in [0.15, 0.2) is 53.1 Å². The van der Waals surface area contributed by atoms with Gasteiger partial charge in [-0.3, -0.25) is 4.79 Å². The lowest BCUT2D eigenvalue weighted by atomic mass is 10.1. The zero-order valence-corrected chi connectivity index (χ0v) is 14.0. The van der Waals surface area contributed by atoms with Crippen molar-refractivity contribution in [2.24, 2.45) is 0 Å². The molecule has 0 aliphatic rings. The summed E-state index contributed by atoms with van der Waals surface area (Å²) in [7, 11) is 1.66. The van der Waals surface area contributed by atoms with Gasteiger partial charge in [0.1, 0.15) is 11.3 Å². The summed E-state index contributed by atoms with van der Waals surface area (Å²) < 4.78 is 10.9. The second kappa shape index (κ2) is 7.21. The first-order valence-electron chi connectivity index (χ1n) is 8.02. The van der Waals surface area contributed by atoms with E-state index in [0.29, 0.717) is 13.0 Å². The van der Waals surface area contributed by atoms with E-state index in [0.717, 1.165) is 39.8 Å². The van der Waals surface area contributed by atoms with Gasteiger partial charge in [0.05, 0.1) is 19.8 Å². The van der Waals surface area contributed by atoms with Gasteiger partial charge in [-0.15, -0.1) is 0 Å². The number of amides is 1. The van der Waals surface area contributed by atoms with Crippen molar-refractivity contribution in [1.82, 2.24) is 5.32 Å². The van der Waals surface area contributed by atoms with Crippen molar-refractivity contribution in [3.8, 4) is 5.75 Å². The van der Waals surface area contributed by atoms with E-state index in [1.807, 2.05) is 49.4 Å². The van der Waals surface area contributed by atoms with Gasteiger partial charge in [0, 0.05) is 17.5 Å². The smallest absolute Gasteiger partial charge is 0.224 e. The Morgan fingerprint density at radius 3 is 2.83 bits per heavy atom. The van der Waals surface area contributed by atoms with E-state index in [1.54, 1.807) is 13.4 Å². The molecule has 0 atom stereocenters. The SMILES string of the molecule is COc1ccccc1CCNC(=O)Cc1coc2cc(C)ccc12. The van der Waals surface area contributed by atoms with Crippen LogP contribution in [-0.2, 0) is 17.6 Å². The first kappa shape index (κ1) is 16.1. The number of carbonyl (C=O) groups is 1. The second-order valence-electron chi connectivity index (χ2n) is 5.85. The van der Waals surface area contributed by atoms with Gasteiger partial charge in [0.25, 0.3) is 0 Å². The summed E-state index contributed by atoms with van der Waals surface area (Å²) in [6, 6.07) is 13.9. The molecular formula is C20H21NO3. The van der Waals surface area contributed by atoms with Crippen molar-refractivity contribution >= 4 is 16.9 Å². The van der Waals surface area contributed by atoms with E-state index in [2.05, 4.69) is 5.32 Å². The highest BCUT2D eigenvalue weighted by molar-refractivity contribution is 5.87. The molecule has 3 aromatic rings. The molecule has 2 aromatic carbocycles. The largest absolute Gasteiger partial charge is 0.496 e. The molecule has 24 heavy (non-hydrogen) atoms. The Kier molecular flexibility index (Phi) is 4.85. The number of hydrogen-bond acceptors (Lipinski definition) is 3. The number of fused-ring (bicyclic) bond motifs is 1. The molecule has 4 nitrogen and oxygen atoms in total. The van der Waals surface area contributed by atoms with Crippen LogP contribution in [0.5, 0.6) is 5.75 Å². The predicted octanol–water partition coefficient (Wildman–Crippen LogP) is 3.65. The molecule has 1 amide bonds. The van der Waals surface area contributed by atoms with Gasteiger partial charge < -0.3 is 14.5 Å². The molecule has 3 rings (SSSR count). The van der Waals surface area contributed by atoms with Crippen LogP contribution in [0.2, 0.25) is 0 Å². The lowest BCUT2D eigenvalue weighted by Gasteiger charge is -2.09. The molecule has 0 radical (unpaired) electrons. The zero-order chi connectivity index (χ0) is 16.9. The first-order chi connectivity index (χ1) is 11.7. The Morgan fingerprint density at radius 2 is 2.00 bits per heavy atom. The molecular weight excluding hydrogens is 302 g/mol. The molecule has 1 N–H and O–H groups in total. The van der Waals surface area contributed by atoms with Gasteiger partial charge in [-0.2, -0.15) is 0 Å². The number of hydrogen-bond donors (Lipinski definition) is 1. The van der Waals surface area contributed by atoms with Gasteiger partial charge in [0.15, 0.2) is 0 Å². The van der Waals surface area contributed by atoms with Crippen LogP contribution in [0.25, 0.3) is 11.0 Å². The molecule has 0 spiro atoms. The van der Waals surface area contributed by atoms with Crippen LogP contribution in [0, 0.1) is 6.92 Å². The average molecular weight is 323 g/mol. The number of para-hydroxylation sites is 1. The highest BCUT2D eigenvalue weighted by atomic mass is 16.5. The molecule has 1 heterocycles. The number of nitrogens with one attached hydrogen (secondary N) is 1. The third kappa shape index (κ3) is 3.59. The van der Waals surface area contributed by atoms with E-state index < -0.39 is 0 Å². The maximum atomic E-state index is 12.2. The fourth-order valence-corrected chi connectivity index (χ4v) is 2.81. The number of aryl methyl sites for hydroxylation is 1. The standard InChI is InChI=1S/C20H21NO3/c1-14-7-8-17-16(13-24-19(17)11-14)12-20(22)21-10-9-15-5-3-4-6-18(15)23-2/h3-8,11,13H,9-10,12H2,1-2H3,(H,21,22). The summed E-state index contributed by atoms with van der Waals surface area (Å²) in [6.45, 7) is 2.60. The minimum atomic E-state index is -0.00632. The molecule has 0 bridgehead atoms. The first-order valence-corrected chi connectivity index (χ1v) is 8.02. The van der Waals surface area contributed by atoms with Crippen LogP contribution in [-0.4, -0.2) is 19.6 Å². The highest BCUT2D eigenvalue weighted by Gasteiger charge is 2.10. The summed E-state index contributed by atoms with van der Waals surface area (Å²) in [6.07, 6.45) is 2.73. The summed E-state index contributed by atoms with van der Waals surface area (Å²) in [5, 5.41) is 3.96. The Morgan fingerprint density at radius 1 is 1.17 bits per heavy atom. The van der Waals surface area contributed by atoms with E-state index >= 15 is 0 Å². The van der Waals surface area contributed by atoms with Crippen LogP contribution in [0.4, 0.5) is 0 Å². The predicted molar refractivity (Wildman–Crippen MR) is 94.4 cm³/mol. The maximum absolute atomic E-state index is 12.2. The number of methoxy groups -OCH3 is 1. The van der Waals surface area contributed by atoms with Crippen molar-refractivity contribution in [3.05, 3.63) is 65.4 Å².